The van der Waals surface area contributed by atoms with E-state index in [0.29, 0.717) is 24.3 Å². The number of ether oxygens (including phenoxy) is 3. The van der Waals surface area contributed by atoms with Gasteiger partial charge in [0.2, 0.25) is 6.79 Å². The number of nitrogens with one attached hydrogen (secondary N) is 1. The number of carbonyl (C=O) groups is 2. The van der Waals surface area contributed by atoms with Crippen LogP contribution in [0.5, 0.6) is 11.5 Å². The van der Waals surface area contributed by atoms with Crippen molar-refractivity contribution in [2.45, 2.75) is 50.7 Å². The molecule has 132 valence electrons. The molecule has 0 bridgehead atoms. The van der Waals surface area contributed by atoms with Gasteiger partial charge in [-0.15, -0.1) is 0 Å². The summed E-state index contributed by atoms with van der Waals surface area (Å²) >= 11 is 0. The zero-order valence-electron chi connectivity index (χ0n) is 14.0. The Morgan fingerprint density at radius 2 is 1.96 bits per heavy atom. The van der Waals surface area contributed by atoms with Gasteiger partial charge in [-0.1, -0.05) is 19.3 Å². The fraction of sp³-hybridized carbons (Fsp3) is 0.500. The first-order valence-corrected chi connectivity index (χ1v) is 8.37. The second-order valence-electron chi connectivity index (χ2n) is 6.36. The van der Waals surface area contributed by atoms with E-state index in [1.807, 2.05) is 0 Å². The number of esters is 1. The van der Waals surface area contributed by atoms with Crippen molar-refractivity contribution in [3.05, 3.63) is 23.8 Å². The molecule has 1 aromatic carbocycles. The van der Waals surface area contributed by atoms with Gasteiger partial charge in [-0.3, -0.25) is 4.79 Å². The Morgan fingerprint density at radius 3 is 2.68 bits per heavy atom. The molecular formula is C18H20N2O5. The van der Waals surface area contributed by atoms with Gasteiger partial charge in [0.15, 0.2) is 17.6 Å². The van der Waals surface area contributed by atoms with Crippen LogP contribution in [0.1, 0.15) is 49.4 Å². The highest BCUT2D eigenvalue weighted by molar-refractivity contribution is 5.93. The van der Waals surface area contributed by atoms with Crippen LogP contribution in [0.3, 0.4) is 0 Å². The number of nitriles is 1. The first kappa shape index (κ1) is 17.1. The van der Waals surface area contributed by atoms with Crippen LogP contribution in [0, 0.1) is 11.3 Å². The number of rotatable bonds is 4. The monoisotopic (exact) mass is 344 g/mol. The highest BCUT2D eigenvalue weighted by Crippen LogP contribution is 2.32. The van der Waals surface area contributed by atoms with E-state index in [2.05, 4.69) is 11.4 Å². The fourth-order valence-corrected chi connectivity index (χ4v) is 3.06. The molecule has 2 aliphatic rings. The topological polar surface area (TPSA) is 97.7 Å². The van der Waals surface area contributed by atoms with Gasteiger partial charge in [0, 0.05) is 0 Å². The lowest BCUT2D eigenvalue weighted by Crippen LogP contribution is -2.52. The Labute approximate surface area is 145 Å². The molecule has 1 amide bonds. The Hall–Kier alpha value is -2.75. The Kier molecular flexibility index (Phi) is 4.79. The largest absolute Gasteiger partial charge is 0.454 e. The molecule has 1 aliphatic heterocycles. The highest BCUT2D eigenvalue weighted by atomic mass is 16.7. The lowest BCUT2D eigenvalue weighted by molar-refractivity contribution is -0.130. The summed E-state index contributed by atoms with van der Waals surface area (Å²) in [5, 5.41) is 12.2. The van der Waals surface area contributed by atoms with Crippen molar-refractivity contribution in [3.63, 3.8) is 0 Å². The van der Waals surface area contributed by atoms with Gasteiger partial charge in [-0.2, -0.15) is 5.26 Å². The molecule has 1 saturated carbocycles. The van der Waals surface area contributed by atoms with E-state index in [-0.39, 0.29) is 12.4 Å². The summed E-state index contributed by atoms with van der Waals surface area (Å²) in [6, 6.07) is 6.91. The van der Waals surface area contributed by atoms with Gasteiger partial charge in [-0.05, 0) is 38.0 Å². The van der Waals surface area contributed by atoms with Gasteiger partial charge >= 0.3 is 5.97 Å². The average molecular weight is 344 g/mol. The van der Waals surface area contributed by atoms with E-state index in [0.717, 1.165) is 19.3 Å². The highest BCUT2D eigenvalue weighted by Gasteiger charge is 2.35. The van der Waals surface area contributed by atoms with Gasteiger partial charge in [-0.25, -0.2) is 4.79 Å². The molecule has 25 heavy (non-hydrogen) atoms. The minimum absolute atomic E-state index is 0.114. The molecule has 1 N–H and O–H groups in total. The number of hydrogen-bond acceptors (Lipinski definition) is 6. The third kappa shape index (κ3) is 3.68. The maximum Gasteiger partial charge on any atom is 0.339 e. The molecule has 0 unspecified atom stereocenters. The molecule has 0 radical (unpaired) electrons. The third-order valence-electron chi connectivity index (χ3n) is 4.54. The maximum absolute atomic E-state index is 12.3. The molecular weight excluding hydrogens is 324 g/mol. The average Bonchev–Trinajstić information content (AvgIpc) is 3.10. The molecule has 0 spiro atoms. The van der Waals surface area contributed by atoms with Crippen molar-refractivity contribution in [1.29, 1.82) is 5.26 Å². The quantitative estimate of drug-likeness (QED) is 0.842. The van der Waals surface area contributed by atoms with Gasteiger partial charge < -0.3 is 19.5 Å². The Morgan fingerprint density at radius 1 is 1.24 bits per heavy atom. The van der Waals surface area contributed by atoms with Gasteiger partial charge in [0.05, 0.1) is 11.6 Å². The van der Waals surface area contributed by atoms with E-state index in [1.165, 1.54) is 13.0 Å². The van der Waals surface area contributed by atoms with Crippen LogP contribution in [-0.4, -0.2) is 30.3 Å². The number of benzene rings is 1. The molecule has 0 saturated heterocycles. The number of nitrogens with zero attached hydrogens (tertiary/aromatic N) is 1. The fourth-order valence-electron chi connectivity index (χ4n) is 3.06. The molecule has 7 heteroatoms. The molecule has 3 rings (SSSR count). The van der Waals surface area contributed by atoms with E-state index in [1.54, 1.807) is 12.1 Å². The van der Waals surface area contributed by atoms with Crippen LogP contribution in [0.15, 0.2) is 18.2 Å². The SMILES string of the molecule is C[C@@H](OC(=O)c1ccc2c(c1)OCO2)C(=O)NC1(C#N)CCCCC1. The Balaban J connectivity index is 1.61. The summed E-state index contributed by atoms with van der Waals surface area (Å²) in [6.45, 7) is 1.61. The van der Waals surface area contributed by atoms with Crippen molar-refractivity contribution in [1.82, 2.24) is 5.32 Å². The maximum atomic E-state index is 12.3. The number of carbonyl (C=O) groups excluding carboxylic acids is 2. The third-order valence-corrected chi connectivity index (χ3v) is 4.54. The van der Waals surface area contributed by atoms with Crippen LogP contribution < -0.4 is 14.8 Å². The zero-order chi connectivity index (χ0) is 17.9. The number of amides is 1. The second-order valence-corrected chi connectivity index (χ2v) is 6.36. The first-order chi connectivity index (χ1) is 12.0. The van der Waals surface area contributed by atoms with Crippen LogP contribution in [0.4, 0.5) is 0 Å². The summed E-state index contributed by atoms with van der Waals surface area (Å²) in [7, 11) is 0. The van der Waals surface area contributed by atoms with Gasteiger partial charge in [0.1, 0.15) is 5.54 Å². The molecule has 1 aromatic rings. The molecule has 1 atom stereocenters. The lowest BCUT2D eigenvalue weighted by Gasteiger charge is -2.32. The minimum atomic E-state index is -0.995. The van der Waals surface area contributed by atoms with E-state index < -0.39 is 23.5 Å². The van der Waals surface area contributed by atoms with Crippen molar-refractivity contribution < 1.29 is 23.8 Å². The van der Waals surface area contributed by atoms with Crippen LogP contribution >= 0.6 is 0 Å². The summed E-state index contributed by atoms with van der Waals surface area (Å²) in [5.74, 6) is -0.0547. The standard InChI is InChI=1S/C18H20N2O5/c1-12(16(21)20-18(10-19)7-3-2-4-8-18)25-17(22)13-5-6-14-15(9-13)24-11-23-14/h5-6,9,12H,2-4,7-8,11H2,1H3,(H,20,21)/t12-/m1/s1. The smallest absolute Gasteiger partial charge is 0.339 e. The normalized spacial score (nSPS) is 18.7. The van der Waals surface area contributed by atoms with Crippen LogP contribution in [0.25, 0.3) is 0 Å². The van der Waals surface area contributed by atoms with E-state index >= 15 is 0 Å². The van der Waals surface area contributed by atoms with Crippen molar-refractivity contribution in [2.24, 2.45) is 0 Å². The number of hydrogen-bond donors (Lipinski definition) is 1. The van der Waals surface area contributed by atoms with Crippen LogP contribution in [-0.2, 0) is 9.53 Å². The van der Waals surface area contributed by atoms with E-state index in [4.69, 9.17) is 14.2 Å². The minimum Gasteiger partial charge on any atom is -0.454 e. The predicted octanol–water partition coefficient (Wildman–Crippen LogP) is 2.30. The summed E-state index contributed by atoms with van der Waals surface area (Å²) in [4.78, 5) is 24.6. The van der Waals surface area contributed by atoms with Crippen LogP contribution in [0.2, 0.25) is 0 Å². The molecule has 0 aromatic heterocycles. The molecule has 1 fully saturated rings. The number of fused-ring (bicyclic) bond motifs is 1. The lowest BCUT2D eigenvalue weighted by atomic mass is 9.83. The predicted molar refractivity (Wildman–Crippen MR) is 87.0 cm³/mol. The summed E-state index contributed by atoms with van der Waals surface area (Å²) in [5.41, 5.74) is -0.578. The zero-order valence-corrected chi connectivity index (χ0v) is 14.0. The molecule has 1 aliphatic carbocycles. The van der Waals surface area contributed by atoms with E-state index in [9.17, 15) is 14.9 Å². The van der Waals surface area contributed by atoms with Crippen molar-refractivity contribution in [3.8, 4) is 17.6 Å². The van der Waals surface area contributed by atoms with Crippen molar-refractivity contribution >= 4 is 11.9 Å². The van der Waals surface area contributed by atoms with Crippen molar-refractivity contribution in [2.75, 3.05) is 6.79 Å². The second kappa shape index (κ2) is 7.01. The Bertz CT molecular complexity index is 719. The molecule has 1 heterocycles. The van der Waals surface area contributed by atoms with Gasteiger partial charge in [0.25, 0.3) is 5.91 Å². The molecule has 7 nitrogen and oxygen atoms in total. The summed E-state index contributed by atoms with van der Waals surface area (Å²) in [6.07, 6.45) is 3.12. The summed E-state index contributed by atoms with van der Waals surface area (Å²) < 4.78 is 15.6. The first-order valence-electron chi connectivity index (χ1n) is 8.37.